The van der Waals surface area contributed by atoms with Crippen molar-refractivity contribution in [1.29, 1.82) is 0 Å². The molecule has 1 atom stereocenters. The molecule has 106 valence electrons. The van der Waals surface area contributed by atoms with Crippen LogP contribution in [0.25, 0.3) is 0 Å². The van der Waals surface area contributed by atoms with Crippen molar-refractivity contribution in [3.63, 3.8) is 0 Å². The van der Waals surface area contributed by atoms with Crippen LogP contribution < -0.4 is 4.90 Å². The van der Waals surface area contributed by atoms with Crippen molar-refractivity contribution in [3.05, 3.63) is 29.8 Å². The molecular formula is C18H29N. The van der Waals surface area contributed by atoms with Crippen LogP contribution in [0.15, 0.2) is 24.3 Å². The van der Waals surface area contributed by atoms with E-state index in [1.807, 2.05) is 0 Å². The van der Waals surface area contributed by atoms with Gasteiger partial charge < -0.3 is 4.90 Å². The Labute approximate surface area is 119 Å². The van der Waals surface area contributed by atoms with Gasteiger partial charge in [0.1, 0.15) is 0 Å². The van der Waals surface area contributed by atoms with E-state index in [1.165, 1.54) is 62.9 Å². The molecule has 1 heterocycles. The smallest absolute Gasteiger partial charge is 0.0366 e. The lowest BCUT2D eigenvalue weighted by Crippen LogP contribution is -2.26. The maximum atomic E-state index is 2.59. The van der Waals surface area contributed by atoms with Crippen LogP contribution in [0.2, 0.25) is 0 Å². The summed E-state index contributed by atoms with van der Waals surface area (Å²) < 4.78 is 0. The summed E-state index contributed by atoms with van der Waals surface area (Å²) in [5.74, 6) is 0. The zero-order valence-electron chi connectivity index (χ0n) is 12.9. The molecule has 2 rings (SSSR count). The lowest BCUT2D eigenvalue weighted by molar-refractivity contribution is 0.284. The average molecular weight is 259 g/mol. The van der Waals surface area contributed by atoms with E-state index >= 15 is 0 Å². The Kier molecular flexibility index (Phi) is 4.90. The number of hydrogen-bond donors (Lipinski definition) is 0. The first-order valence-corrected chi connectivity index (χ1v) is 8.07. The largest absolute Gasteiger partial charge is 0.371 e. The standard InChI is InChI=1S/C18H29N/c1-4-7-16-8-10-17(11-9-16)19-14-13-18(6-3,15-19)12-5-2/h8-11H,4-7,12-15H2,1-3H3. The highest BCUT2D eigenvalue weighted by atomic mass is 15.2. The number of benzene rings is 1. The van der Waals surface area contributed by atoms with Crippen LogP contribution in [0.5, 0.6) is 0 Å². The summed E-state index contributed by atoms with van der Waals surface area (Å²) in [6.45, 7) is 9.42. The summed E-state index contributed by atoms with van der Waals surface area (Å²) in [5, 5.41) is 0. The van der Waals surface area contributed by atoms with Gasteiger partial charge in [0.25, 0.3) is 0 Å². The molecule has 1 aromatic rings. The Morgan fingerprint density at radius 3 is 2.37 bits per heavy atom. The summed E-state index contributed by atoms with van der Waals surface area (Å²) in [4.78, 5) is 2.59. The maximum Gasteiger partial charge on any atom is 0.0366 e. The Morgan fingerprint density at radius 2 is 1.79 bits per heavy atom. The van der Waals surface area contributed by atoms with Gasteiger partial charge in [0.2, 0.25) is 0 Å². The highest BCUT2D eigenvalue weighted by Gasteiger charge is 2.35. The predicted molar refractivity (Wildman–Crippen MR) is 84.9 cm³/mol. The van der Waals surface area contributed by atoms with Crippen molar-refractivity contribution >= 4 is 5.69 Å². The van der Waals surface area contributed by atoms with Gasteiger partial charge in [-0.15, -0.1) is 0 Å². The van der Waals surface area contributed by atoms with Gasteiger partial charge in [0.15, 0.2) is 0 Å². The Balaban J connectivity index is 2.03. The molecule has 0 radical (unpaired) electrons. The number of rotatable bonds is 6. The van der Waals surface area contributed by atoms with Crippen LogP contribution in [-0.4, -0.2) is 13.1 Å². The summed E-state index contributed by atoms with van der Waals surface area (Å²) in [5.41, 5.74) is 3.48. The first-order chi connectivity index (χ1) is 9.23. The molecule has 1 nitrogen and oxygen atoms in total. The minimum Gasteiger partial charge on any atom is -0.371 e. The molecule has 1 heteroatoms. The average Bonchev–Trinajstić information content (AvgIpc) is 2.85. The molecule has 0 aromatic heterocycles. The molecule has 0 aliphatic carbocycles. The van der Waals surface area contributed by atoms with Crippen LogP contribution >= 0.6 is 0 Å². The van der Waals surface area contributed by atoms with E-state index < -0.39 is 0 Å². The van der Waals surface area contributed by atoms with Gasteiger partial charge in [-0.1, -0.05) is 45.7 Å². The third-order valence-electron chi connectivity index (χ3n) is 4.81. The van der Waals surface area contributed by atoms with Gasteiger partial charge in [0.05, 0.1) is 0 Å². The van der Waals surface area contributed by atoms with Gasteiger partial charge in [0, 0.05) is 18.8 Å². The van der Waals surface area contributed by atoms with Crippen LogP contribution in [-0.2, 0) is 6.42 Å². The zero-order chi connectivity index (χ0) is 13.7. The summed E-state index contributed by atoms with van der Waals surface area (Å²) in [7, 11) is 0. The van der Waals surface area contributed by atoms with Crippen molar-refractivity contribution in [2.75, 3.05) is 18.0 Å². The number of anilines is 1. The topological polar surface area (TPSA) is 3.24 Å². The first-order valence-electron chi connectivity index (χ1n) is 8.07. The Bertz CT molecular complexity index is 381. The molecule has 1 fully saturated rings. The van der Waals surface area contributed by atoms with Gasteiger partial charge in [-0.05, 0) is 48.8 Å². The molecule has 0 spiro atoms. The minimum atomic E-state index is 0.580. The second kappa shape index (κ2) is 6.45. The van der Waals surface area contributed by atoms with E-state index in [2.05, 4.69) is 49.9 Å². The number of aryl methyl sites for hydroxylation is 1. The molecule has 1 aromatic carbocycles. The number of hydrogen-bond acceptors (Lipinski definition) is 1. The Hall–Kier alpha value is -0.980. The SMILES string of the molecule is CCCc1ccc(N2CCC(CC)(CCC)C2)cc1. The highest BCUT2D eigenvalue weighted by Crippen LogP contribution is 2.40. The van der Waals surface area contributed by atoms with Crippen molar-refractivity contribution in [3.8, 4) is 0 Å². The maximum absolute atomic E-state index is 2.59. The predicted octanol–water partition coefficient (Wildman–Crippen LogP) is 5.05. The van der Waals surface area contributed by atoms with Gasteiger partial charge >= 0.3 is 0 Å². The van der Waals surface area contributed by atoms with Crippen LogP contribution in [0.4, 0.5) is 5.69 Å². The van der Waals surface area contributed by atoms with Crippen molar-refractivity contribution < 1.29 is 0 Å². The van der Waals surface area contributed by atoms with Crippen LogP contribution in [0.1, 0.15) is 58.4 Å². The molecule has 1 saturated heterocycles. The summed E-state index contributed by atoms with van der Waals surface area (Å²) >= 11 is 0. The summed E-state index contributed by atoms with van der Waals surface area (Å²) in [6, 6.07) is 9.26. The van der Waals surface area contributed by atoms with Crippen molar-refractivity contribution in [1.82, 2.24) is 0 Å². The fourth-order valence-electron chi connectivity index (χ4n) is 3.52. The van der Waals surface area contributed by atoms with E-state index in [0.29, 0.717) is 5.41 Å². The second-order valence-corrected chi connectivity index (χ2v) is 6.19. The molecule has 0 N–H and O–H groups in total. The van der Waals surface area contributed by atoms with Crippen LogP contribution in [0.3, 0.4) is 0 Å². The van der Waals surface area contributed by atoms with Crippen molar-refractivity contribution in [2.24, 2.45) is 5.41 Å². The number of nitrogens with zero attached hydrogens (tertiary/aromatic N) is 1. The van der Waals surface area contributed by atoms with E-state index in [1.54, 1.807) is 0 Å². The first kappa shape index (κ1) is 14.4. The molecule has 1 aliphatic rings. The molecular weight excluding hydrogens is 230 g/mol. The molecule has 1 unspecified atom stereocenters. The third kappa shape index (κ3) is 3.32. The van der Waals surface area contributed by atoms with E-state index in [0.717, 1.165) is 0 Å². The molecule has 0 saturated carbocycles. The fourth-order valence-corrected chi connectivity index (χ4v) is 3.52. The molecule has 0 bridgehead atoms. The molecule has 19 heavy (non-hydrogen) atoms. The van der Waals surface area contributed by atoms with E-state index in [4.69, 9.17) is 0 Å². The highest BCUT2D eigenvalue weighted by molar-refractivity contribution is 5.49. The van der Waals surface area contributed by atoms with Gasteiger partial charge in [-0.25, -0.2) is 0 Å². The molecule has 1 aliphatic heterocycles. The van der Waals surface area contributed by atoms with E-state index in [-0.39, 0.29) is 0 Å². The van der Waals surface area contributed by atoms with Crippen molar-refractivity contribution in [2.45, 2.75) is 59.3 Å². The van der Waals surface area contributed by atoms with Gasteiger partial charge in [-0.2, -0.15) is 0 Å². The lowest BCUT2D eigenvalue weighted by Gasteiger charge is -2.28. The normalized spacial score (nSPS) is 23.0. The third-order valence-corrected chi connectivity index (χ3v) is 4.81. The van der Waals surface area contributed by atoms with Crippen LogP contribution in [0, 0.1) is 5.41 Å². The Morgan fingerprint density at radius 1 is 1.05 bits per heavy atom. The fraction of sp³-hybridized carbons (Fsp3) is 0.667. The monoisotopic (exact) mass is 259 g/mol. The quantitative estimate of drug-likeness (QED) is 0.691. The molecule has 0 amide bonds. The lowest BCUT2D eigenvalue weighted by atomic mass is 9.80. The zero-order valence-corrected chi connectivity index (χ0v) is 12.9. The van der Waals surface area contributed by atoms with E-state index in [9.17, 15) is 0 Å². The summed E-state index contributed by atoms with van der Waals surface area (Å²) in [6.07, 6.45) is 7.83. The second-order valence-electron chi connectivity index (χ2n) is 6.19. The minimum absolute atomic E-state index is 0.580. The van der Waals surface area contributed by atoms with Gasteiger partial charge in [-0.3, -0.25) is 0 Å².